The number of hydrogen-bond acceptors (Lipinski definition) is 3. The molecule has 2 heterocycles. The number of nitrogens with one attached hydrogen (secondary N) is 1. The molecule has 2 aromatic heterocycles. The lowest BCUT2D eigenvalue weighted by Crippen LogP contribution is -2.10. The van der Waals surface area contributed by atoms with Gasteiger partial charge in [-0.25, -0.2) is 4.98 Å². The number of carbonyl (C=O) groups is 2. The van der Waals surface area contributed by atoms with Gasteiger partial charge in [0.2, 0.25) is 5.91 Å². The lowest BCUT2D eigenvalue weighted by atomic mass is 9.96. The normalized spacial score (nSPS) is 10.9. The van der Waals surface area contributed by atoms with E-state index in [0.717, 1.165) is 16.5 Å². The monoisotopic (exact) mass is 375 g/mol. The fraction of sp³-hybridized carbons (Fsp3) is 0. The van der Waals surface area contributed by atoms with Crippen LogP contribution in [0, 0.1) is 0 Å². The van der Waals surface area contributed by atoms with Gasteiger partial charge in [0.15, 0.2) is 5.78 Å². The highest BCUT2D eigenvalue weighted by molar-refractivity contribution is 6.30. The Bertz CT molecular complexity index is 1160. The number of fused-ring (bicyclic) bond motifs is 1. The molecule has 0 unspecified atom stereocenters. The summed E-state index contributed by atoms with van der Waals surface area (Å²) in [5.74, 6) is -0.609. The second-order valence-electron chi connectivity index (χ2n) is 6.06. The van der Waals surface area contributed by atoms with Crippen molar-refractivity contribution in [3.05, 3.63) is 88.7 Å². The van der Waals surface area contributed by atoms with Gasteiger partial charge in [-0.15, -0.1) is 0 Å². The van der Waals surface area contributed by atoms with Crippen molar-refractivity contribution in [2.75, 3.05) is 0 Å². The first-order valence-corrected chi connectivity index (χ1v) is 8.59. The number of aromatic amines is 1. The van der Waals surface area contributed by atoms with E-state index >= 15 is 0 Å². The van der Waals surface area contributed by atoms with E-state index in [-0.39, 0.29) is 5.78 Å². The van der Waals surface area contributed by atoms with Gasteiger partial charge in [0.1, 0.15) is 5.65 Å². The van der Waals surface area contributed by atoms with Gasteiger partial charge in [0.05, 0.1) is 5.56 Å². The van der Waals surface area contributed by atoms with E-state index in [9.17, 15) is 9.59 Å². The Morgan fingerprint density at radius 1 is 0.926 bits per heavy atom. The Morgan fingerprint density at radius 3 is 2.26 bits per heavy atom. The summed E-state index contributed by atoms with van der Waals surface area (Å²) in [6, 6.07) is 15.5. The number of ketones is 1. The van der Waals surface area contributed by atoms with Gasteiger partial charge >= 0.3 is 0 Å². The third kappa shape index (κ3) is 3.09. The molecule has 0 aliphatic carbocycles. The zero-order valence-electron chi connectivity index (χ0n) is 14.1. The zero-order chi connectivity index (χ0) is 19.0. The third-order valence-electron chi connectivity index (χ3n) is 4.40. The molecular weight excluding hydrogens is 362 g/mol. The standard InChI is InChI=1S/C21H14ClN3O2/c22-15-7-5-13(6-8-15)19(26)17-11-25-21-18(17)16(9-10-24-21)12-1-3-14(4-2-12)20(23)27/h1-11H,(H2,23,27)(H,24,25). The summed E-state index contributed by atoms with van der Waals surface area (Å²) in [7, 11) is 0. The van der Waals surface area contributed by atoms with Crippen LogP contribution in [0.1, 0.15) is 26.3 Å². The number of halogens is 1. The Morgan fingerprint density at radius 2 is 1.59 bits per heavy atom. The van der Waals surface area contributed by atoms with Crippen LogP contribution in [0.15, 0.2) is 67.0 Å². The largest absolute Gasteiger partial charge is 0.366 e. The molecule has 0 aliphatic heterocycles. The van der Waals surface area contributed by atoms with Crippen molar-refractivity contribution in [1.29, 1.82) is 0 Å². The summed E-state index contributed by atoms with van der Waals surface area (Å²) in [6.07, 6.45) is 3.34. The summed E-state index contributed by atoms with van der Waals surface area (Å²) in [5.41, 5.74) is 9.11. The lowest BCUT2D eigenvalue weighted by Gasteiger charge is -2.07. The molecule has 0 fully saturated rings. The number of nitrogens with zero attached hydrogens (tertiary/aromatic N) is 1. The van der Waals surface area contributed by atoms with Gasteiger partial charge in [-0.1, -0.05) is 23.7 Å². The number of pyridine rings is 1. The minimum absolute atomic E-state index is 0.124. The number of H-pyrrole nitrogens is 1. The maximum atomic E-state index is 13.0. The molecule has 0 aliphatic rings. The average molecular weight is 376 g/mol. The summed E-state index contributed by atoms with van der Waals surface area (Å²) >= 11 is 5.92. The number of hydrogen-bond donors (Lipinski definition) is 2. The average Bonchev–Trinajstić information content (AvgIpc) is 3.12. The first-order chi connectivity index (χ1) is 13.0. The highest BCUT2D eigenvalue weighted by Gasteiger charge is 2.18. The molecule has 0 bridgehead atoms. The zero-order valence-corrected chi connectivity index (χ0v) is 14.8. The van der Waals surface area contributed by atoms with Gasteiger partial charge in [-0.05, 0) is 53.6 Å². The molecule has 2 aromatic carbocycles. The minimum Gasteiger partial charge on any atom is -0.366 e. The molecule has 0 saturated carbocycles. The molecule has 0 saturated heterocycles. The van der Waals surface area contributed by atoms with Gasteiger partial charge in [-0.3, -0.25) is 9.59 Å². The van der Waals surface area contributed by atoms with Gasteiger partial charge in [0, 0.05) is 33.9 Å². The van der Waals surface area contributed by atoms with E-state index in [1.54, 1.807) is 60.9 Å². The van der Waals surface area contributed by atoms with Crippen LogP contribution in [0.4, 0.5) is 0 Å². The van der Waals surface area contributed by atoms with Crippen LogP contribution in [0.2, 0.25) is 5.02 Å². The number of benzene rings is 2. The number of nitrogens with two attached hydrogens (primary N) is 1. The summed E-state index contributed by atoms with van der Waals surface area (Å²) in [6.45, 7) is 0. The number of primary amides is 1. The van der Waals surface area contributed by atoms with Crippen molar-refractivity contribution in [1.82, 2.24) is 9.97 Å². The molecular formula is C21H14ClN3O2. The highest BCUT2D eigenvalue weighted by atomic mass is 35.5. The van der Waals surface area contributed by atoms with E-state index in [1.807, 2.05) is 6.07 Å². The first kappa shape index (κ1) is 17.0. The fourth-order valence-electron chi connectivity index (χ4n) is 3.05. The Balaban J connectivity index is 1.85. The van der Waals surface area contributed by atoms with Gasteiger partial charge < -0.3 is 10.7 Å². The Labute approximate surface area is 159 Å². The van der Waals surface area contributed by atoms with Crippen molar-refractivity contribution in [3.8, 4) is 11.1 Å². The quantitative estimate of drug-likeness (QED) is 0.523. The maximum Gasteiger partial charge on any atom is 0.248 e. The van der Waals surface area contributed by atoms with Crippen LogP contribution in [0.25, 0.3) is 22.2 Å². The predicted molar refractivity (Wildman–Crippen MR) is 105 cm³/mol. The molecule has 4 aromatic rings. The van der Waals surface area contributed by atoms with Crippen LogP contribution in [-0.4, -0.2) is 21.7 Å². The number of amides is 1. The molecule has 5 nitrogen and oxygen atoms in total. The van der Waals surface area contributed by atoms with Gasteiger partial charge in [-0.2, -0.15) is 0 Å². The number of aromatic nitrogens is 2. The van der Waals surface area contributed by atoms with Crippen molar-refractivity contribution < 1.29 is 9.59 Å². The molecule has 0 atom stereocenters. The van der Waals surface area contributed by atoms with Crippen LogP contribution < -0.4 is 5.73 Å². The topological polar surface area (TPSA) is 88.8 Å². The van der Waals surface area contributed by atoms with Crippen LogP contribution >= 0.6 is 11.6 Å². The molecule has 1 amide bonds. The van der Waals surface area contributed by atoms with Crippen LogP contribution in [0.3, 0.4) is 0 Å². The van der Waals surface area contributed by atoms with Crippen molar-refractivity contribution in [2.45, 2.75) is 0 Å². The molecule has 0 radical (unpaired) electrons. The molecule has 4 rings (SSSR count). The molecule has 27 heavy (non-hydrogen) atoms. The summed E-state index contributed by atoms with van der Waals surface area (Å²) < 4.78 is 0. The molecule has 3 N–H and O–H groups in total. The van der Waals surface area contributed by atoms with E-state index in [2.05, 4.69) is 9.97 Å². The first-order valence-electron chi connectivity index (χ1n) is 8.21. The summed E-state index contributed by atoms with van der Waals surface area (Å²) in [4.78, 5) is 31.7. The number of carbonyl (C=O) groups excluding carboxylic acids is 2. The van der Waals surface area contributed by atoms with Crippen LogP contribution in [0.5, 0.6) is 0 Å². The number of rotatable bonds is 4. The van der Waals surface area contributed by atoms with E-state index in [1.165, 1.54) is 0 Å². The van der Waals surface area contributed by atoms with Crippen molar-refractivity contribution >= 4 is 34.3 Å². The second kappa shape index (κ2) is 6.70. The van der Waals surface area contributed by atoms with E-state index in [4.69, 9.17) is 17.3 Å². The highest BCUT2D eigenvalue weighted by Crippen LogP contribution is 2.31. The molecule has 132 valence electrons. The second-order valence-corrected chi connectivity index (χ2v) is 6.50. The van der Waals surface area contributed by atoms with E-state index in [0.29, 0.717) is 27.4 Å². The maximum absolute atomic E-state index is 13.0. The predicted octanol–water partition coefficient (Wildman–Crippen LogP) is 4.21. The van der Waals surface area contributed by atoms with Gasteiger partial charge in [0.25, 0.3) is 0 Å². The fourth-order valence-corrected chi connectivity index (χ4v) is 3.17. The molecule has 6 heteroatoms. The molecule has 0 spiro atoms. The third-order valence-corrected chi connectivity index (χ3v) is 4.66. The summed E-state index contributed by atoms with van der Waals surface area (Å²) in [5, 5.41) is 1.30. The Kier molecular flexibility index (Phi) is 4.22. The Hall–Kier alpha value is -3.44. The van der Waals surface area contributed by atoms with Crippen molar-refractivity contribution in [3.63, 3.8) is 0 Å². The minimum atomic E-state index is -0.485. The van der Waals surface area contributed by atoms with Crippen LogP contribution in [-0.2, 0) is 0 Å². The van der Waals surface area contributed by atoms with Crippen molar-refractivity contribution in [2.24, 2.45) is 5.73 Å². The lowest BCUT2D eigenvalue weighted by molar-refractivity contribution is 0.0998. The van der Waals surface area contributed by atoms with E-state index < -0.39 is 5.91 Å². The smallest absolute Gasteiger partial charge is 0.248 e. The SMILES string of the molecule is NC(=O)c1ccc(-c2ccnc3[nH]cc(C(=O)c4ccc(Cl)cc4)c23)cc1.